The molecule has 0 amide bonds. The lowest BCUT2D eigenvalue weighted by atomic mass is 10.1. The summed E-state index contributed by atoms with van der Waals surface area (Å²) in [6.07, 6.45) is 0. The minimum absolute atomic E-state index is 1.10. The molecule has 0 aliphatic rings. The summed E-state index contributed by atoms with van der Waals surface area (Å²) in [6, 6.07) is 70.9. The number of para-hydroxylation sites is 3. The van der Waals surface area contributed by atoms with Gasteiger partial charge in [-0.25, -0.2) is 0 Å². The van der Waals surface area contributed by atoms with Crippen LogP contribution in [0, 0.1) is 0 Å². The number of hydrogen-bond donors (Lipinski definition) is 0. The van der Waals surface area contributed by atoms with E-state index >= 15 is 0 Å². The van der Waals surface area contributed by atoms with Crippen LogP contribution in [0.3, 0.4) is 0 Å². The van der Waals surface area contributed by atoms with Gasteiger partial charge in [0.05, 0.1) is 22.1 Å². The van der Waals surface area contributed by atoms with Crippen LogP contribution in [0.1, 0.15) is 0 Å². The summed E-state index contributed by atoms with van der Waals surface area (Å²) in [5, 5.41) is 5.13. The zero-order valence-electron chi connectivity index (χ0n) is 27.8. The van der Waals surface area contributed by atoms with Gasteiger partial charge >= 0.3 is 0 Å². The zero-order chi connectivity index (χ0) is 34.1. The molecule has 3 heteroatoms. The number of nitrogens with zero attached hydrogens (tertiary/aromatic N) is 2. The van der Waals surface area contributed by atoms with Crippen LogP contribution in [0.5, 0.6) is 0 Å². The SMILES string of the molecule is Brc1ccc2c(c1)c1ccccc1n2-c1ccc(-c2ccccc2)cc1.c1ccc(-c2ccc(-n3c4ccccc4c4ccccc43)cc2)cc1. The van der Waals surface area contributed by atoms with Crippen LogP contribution in [0.25, 0.3) is 77.2 Å². The molecule has 0 atom stereocenters. The number of fused-ring (bicyclic) bond motifs is 6. The van der Waals surface area contributed by atoms with Crippen molar-refractivity contribution in [3.63, 3.8) is 0 Å². The van der Waals surface area contributed by atoms with Gasteiger partial charge < -0.3 is 9.13 Å². The normalized spacial score (nSPS) is 11.2. The van der Waals surface area contributed by atoms with Crippen molar-refractivity contribution in [2.24, 2.45) is 0 Å². The zero-order valence-corrected chi connectivity index (χ0v) is 29.4. The van der Waals surface area contributed by atoms with Crippen molar-refractivity contribution in [3.8, 4) is 33.6 Å². The van der Waals surface area contributed by atoms with E-state index < -0.39 is 0 Å². The number of rotatable bonds is 4. The molecule has 0 unspecified atom stereocenters. The third-order valence-electron chi connectivity index (χ3n) is 9.68. The molecule has 0 N–H and O–H groups in total. The minimum Gasteiger partial charge on any atom is -0.309 e. The van der Waals surface area contributed by atoms with Gasteiger partial charge in [0.15, 0.2) is 0 Å². The smallest absolute Gasteiger partial charge is 0.0541 e. The fourth-order valence-electron chi connectivity index (χ4n) is 7.29. The Balaban J connectivity index is 0.000000137. The van der Waals surface area contributed by atoms with Gasteiger partial charge in [0, 0.05) is 37.4 Å². The highest BCUT2D eigenvalue weighted by molar-refractivity contribution is 9.10. The molecule has 0 saturated carbocycles. The van der Waals surface area contributed by atoms with Gasteiger partial charge in [-0.3, -0.25) is 0 Å². The summed E-state index contributed by atoms with van der Waals surface area (Å²) in [7, 11) is 0. The molecule has 10 aromatic rings. The summed E-state index contributed by atoms with van der Waals surface area (Å²) in [4.78, 5) is 0. The Morgan fingerprint density at radius 2 is 0.608 bits per heavy atom. The van der Waals surface area contributed by atoms with E-state index in [0.29, 0.717) is 0 Å². The molecule has 10 rings (SSSR count). The van der Waals surface area contributed by atoms with E-state index in [1.807, 2.05) is 6.07 Å². The molecule has 0 bridgehead atoms. The molecule has 0 radical (unpaired) electrons. The van der Waals surface area contributed by atoms with E-state index in [0.717, 1.165) is 4.47 Å². The lowest BCUT2D eigenvalue weighted by Gasteiger charge is -2.09. The number of hydrogen-bond acceptors (Lipinski definition) is 0. The van der Waals surface area contributed by atoms with E-state index in [1.54, 1.807) is 0 Å². The van der Waals surface area contributed by atoms with Crippen LogP contribution >= 0.6 is 15.9 Å². The standard InChI is InChI=1S/C24H16BrN.C24H17N/c25-19-12-15-24-22(16-19)21-8-4-5-9-23(21)26(24)20-13-10-18(11-14-20)17-6-2-1-3-7-17;1-2-8-18(9-3-1)19-14-16-20(17-15-19)25-23-12-6-4-10-21(23)22-11-5-7-13-24(22)25/h1-16H;1-17H. The third-order valence-corrected chi connectivity index (χ3v) is 10.2. The highest BCUT2D eigenvalue weighted by atomic mass is 79.9. The summed E-state index contributed by atoms with van der Waals surface area (Å²) in [6.45, 7) is 0. The van der Waals surface area contributed by atoms with E-state index in [-0.39, 0.29) is 0 Å². The van der Waals surface area contributed by atoms with Crippen molar-refractivity contribution >= 4 is 59.5 Å². The van der Waals surface area contributed by atoms with Crippen LogP contribution in [0.15, 0.2) is 205 Å². The maximum absolute atomic E-state index is 3.61. The van der Waals surface area contributed by atoms with E-state index in [4.69, 9.17) is 0 Å². The van der Waals surface area contributed by atoms with Crippen LogP contribution in [0.4, 0.5) is 0 Å². The second-order valence-electron chi connectivity index (χ2n) is 12.7. The number of halogens is 1. The van der Waals surface area contributed by atoms with Crippen molar-refractivity contribution in [3.05, 3.63) is 205 Å². The predicted molar refractivity (Wildman–Crippen MR) is 220 cm³/mol. The van der Waals surface area contributed by atoms with Crippen LogP contribution in [0.2, 0.25) is 0 Å². The first-order valence-electron chi connectivity index (χ1n) is 17.2. The van der Waals surface area contributed by atoms with Crippen molar-refractivity contribution in [2.75, 3.05) is 0 Å². The average molecular weight is 718 g/mol. The highest BCUT2D eigenvalue weighted by Gasteiger charge is 2.13. The molecule has 2 heterocycles. The summed E-state index contributed by atoms with van der Waals surface area (Å²) < 4.78 is 5.79. The Morgan fingerprint density at radius 1 is 0.275 bits per heavy atom. The van der Waals surface area contributed by atoms with Crippen molar-refractivity contribution in [2.45, 2.75) is 0 Å². The monoisotopic (exact) mass is 716 g/mol. The Morgan fingerprint density at radius 3 is 1.04 bits per heavy atom. The second kappa shape index (κ2) is 13.3. The Hall–Kier alpha value is -6.16. The third kappa shape index (κ3) is 5.72. The largest absolute Gasteiger partial charge is 0.309 e. The Labute approximate surface area is 305 Å². The van der Waals surface area contributed by atoms with Crippen molar-refractivity contribution in [1.29, 1.82) is 0 Å². The molecule has 8 aromatic carbocycles. The second-order valence-corrected chi connectivity index (χ2v) is 13.6. The van der Waals surface area contributed by atoms with E-state index in [2.05, 4.69) is 219 Å². The maximum atomic E-state index is 3.61. The van der Waals surface area contributed by atoms with Crippen molar-refractivity contribution in [1.82, 2.24) is 9.13 Å². The van der Waals surface area contributed by atoms with E-state index in [1.165, 1.54) is 77.2 Å². The number of benzene rings is 8. The first-order chi connectivity index (χ1) is 25.2. The minimum atomic E-state index is 1.10. The van der Waals surface area contributed by atoms with Crippen LogP contribution in [-0.2, 0) is 0 Å². The van der Waals surface area contributed by atoms with Gasteiger partial charge in [-0.2, -0.15) is 0 Å². The average Bonchev–Trinajstić information content (AvgIpc) is 3.72. The lowest BCUT2D eigenvalue weighted by Crippen LogP contribution is -1.93. The maximum Gasteiger partial charge on any atom is 0.0541 e. The molecule has 0 aliphatic heterocycles. The quantitative estimate of drug-likeness (QED) is 0.172. The topological polar surface area (TPSA) is 9.86 Å². The fourth-order valence-corrected chi connectivity index (χ4v) is 7.65. The van der Waals surface area contributed by atoms with Crippen LogP contribution < -0.4 is 0 Å². The first-order valence-corrected chi connectivity index (χ1v) is 18.0. The summed E-state index contributed by atoms with van der Waals surface area (Å²) in [5.74, 6) is 0. The molecular formula is C48H33BrN2. The van der Waals surface area contributed by atoms with Crippen LogP contribution in [-0.4, -0.2) is 9.13 Å². The predicted octanol–water partition coefficient (Wildman–Crippen LogP) is 13.7. The summed E-state index contributed by atoms with van der Waals surface area (Å²) >= 11 is 3.61. The fraction of sp³-hybridized carbons (Fsp3) is 0. The highest BCUT2D eigenvalue weighted by Crippen LogP contribution is 2.35. The molecule has 51 heavy (non-hydrogen) atoms. The molecule has 242 valence electrons. The lowest BCUT2D eigenvalue weighted by molar-refractivity contribution is 1.18. The van der Waals surface area contributed by atoms with Gasteiger partial charge in [-0.05, 0) is 82.9 Å². The Kier molecular flexibility index (Phi) is 8.04. The van der Waals surface area contributed by atoms with Gasteiger partial charge in [0.1, 0.15) is 0 Å². The van der Waals surface area contributed by atoms with Gasteiger partial charge in [0.25, 0.3) is 0 Å². The molecule has 0 fully saturated rings. The summed E-state index contributed by atoms with van der Waals surface area (Å²) in [5.41, 5.74) is 12.3. The molecule has 0 saturated heterocycles. The molecule has 2 nitrogen and oxygen atoms in total. The Bertz CT molecular complexity index is 2720. The van der Waals surface area contributed by atoms with Crippen molar-refractivity contribution < 1.29 is 0 Å². The van der Waals surface area contributed by atoms with E-state index in [9.17, 15) is 0 Å². The van der Waals surface area contributed by atoms with Gasteiger partial charge in [-0.15, -0.1) is 0 Å². The first kappa shape index (κ1) is 30.9. The number of aromatic nitrogens is 2. The molecule has 0 spiro atoms. The molecule has 2 aromatic heterocycles. The van der Waals surface area contributed by atoms with Gasteiger partial charge in [-0.1, -0.05) is 155 Å². The molecular weight excluding hydrogens is 684 g/mol. The van der Waals surface area contributed by atoms with Gasteiger partial charge in [0.2, 0.25) is 0 Å². The molecule has 0 aliphatic carbocycles.